The normalized spacial score (nSPS) is 14.0. The summed E-state index contributed by atoms with van der Waals surface area (Å²) < 4.78 is 5.87. The third-order valence-corrected chi connectivity index (χ3v) is 5.50. The van der Waals surface area contributed by atoms with Gasteiger partial charge in [-0.25, -0.2) is 4.98 Å². The summed E-state index contributed by atoms with van der Waals surface area (Å²) in [7, 11) is 0. The predicted molar refractivity (Wildman–Crippen MR) is 122 cm³/mol. The van der Waals surface area contributed by atoms with E-state index in [2.05, 4.69) is 62.4 Å². The van der Waals surface area contributed by atoms with E-state index in [0.29, 0.717) is 0 Å². The van der Waals surface area contributed by atoms with Crippen LogP contribution in [0, 0.1) is 6.92 Å². The molecule has 146 valence electrons. The Kier molecular flexibility index (Phi) is 4.75. The Balaban J connectivity index is 1.59. The molecule has 3 nitrogen and oxygen atoms in total. The minimum absolute atomic E-state index is 0.0307. The minimum atomic E-state index is 0.0307. The van der Waals surface area contributed by atoms with Crippen LogP contribution in [0.15, 0.2) is 67.9 Å². The van der Waals surface area contributed by atoms with E-state index in [-0.39, 0.29) is 5.41 Å². The van der Waals surface area contributed by atoms with Crippen molar-refractivity contribution in [2.24, 2.45) is 0 Å². The Morgan fingerprint density at radius 1 is 1.17 bits per heavy atom. The summed E-state index contributed by atoms with van der Waals surface area (Å²) in [5.74, 6) is 1.76. The van der Waals surface area contributed by atoms with Gasteiger partial charge in [-0.3, -0.25) is 0 Å². The molecule has 1 aliphatic heterocycles. The molecule has 3 heteroatoms. The number of rotatable bonds is 5. The molecule has 4 rings (SSSR count). The zero-order valence-electron chi connectivity index (χ0n) is 17.3. The van der Waals surface area contributed by atoms with Gasteiger partial charge in [0.15, 0.2) is 0 Å². The van der Waals surface area contributed by atoms with Crippen molar-refractivity contribution in [2.75, 3.05) is 11.9 Å². The van der Waals surface area contributed by atoms with Gasteiger partial charge in [0.25, 0.3) is 0 Å². The number of nitrogens with zero attached hydrogens (tertiary/aromatic N) is 1. The third-order valence-electron chi connectivity index (χ3n) is 5.50. The fourth-order valence-corrected chi connectivity index (χ4v) is 3.78. The van der Waals surface area contributed by atoms with Crippen molar-refractivity contribution < 1.29 is 4.74 Å². The smallest absolute Gasteiger partial charge is 0.130 e. The first kappa shape index (κ1) is 19.0. The number of hydrogen-bond donors (Lipinski definition) is 1. The second-order valence-corrected chi connectivity index (χ2v) is 8.16. The minimum Gasteiger partial charge on any atom is -0.492 e. The number of hydrogen-bond acceptors (Lipinski definition) is 3. The maximum absolute atomic E-state index is 5.87. The lowest BCUT2D eigenvalue weighted by atomic mass is 9.84. The monoisotopic (exact) mass is 382 g/mol. The molecule has 2 heterocycles. The Hall–Kier alpha value is -3.33. The molecule has 0 saturated heterocycles. The summed E-state index contributed by atoms with van der Waals surface area (Å²) in [5, 5.41) is 3.31. The van der Waals surface area contributed by atoms with Crippen LogP contribution < -0.4 is 10.1 Å². The molecule has 2 aromatic carbocycles. The van der Waals surface area contributed by atoms with Crippen LogP contribution in [-0.2, 0) is 5.41 Å². The van der Waals surface area contributed by atoms with Crippen LogP contribution in [0.3, 0.4) is 0 Å². The highest BCUT2D eigenvalue weighted by Gasteiger charge is 2.32. The quantitative estimate of drug-likeness (QED) is 0.550. The van der Waals surface area contributed by atoms with Gasteiger partial charge in [0.1, 0.15) is 11.6 Å². The number of aromatic nitrogens is 1. The molecule has 0 saturated carbocycles. The fourth-order valence-electron chi connectivity index (χ4n) is 3.78. The van der Waals surface area contributed by atoms with Crippen molar-refractivity contribution in [2.45, 2.75) is 26.2 Å². The average Bonchev–Trinajstić information content (AvgIpc) is 3.01. The molecule has 0 atom stereocenters. The summed E-state index contributed by atoms with van der Waals surface area (Å²) in [6, 6.07) is 16.5. The van der Waals surface area contributed by atoms with Crippen molar-refractivity contribution in [3.63, 3.8) is 0 Å². The second-order valence-electron chi connectivity index (χ2n) is 8.16. The molecule has 1 N–H and O–H groups in total. The van der Waals surface area contributed by atoms with Crippen LogP contribution >= 0.6 is 0 Å². The lowest BCUT2D eigenvalue weighted by Crippen LogP contribution is -2.18. The Bertz CT molecular complexity index is 1090. The van der Waals surface area contributed by atoms with Gasteiger partial charge in [0.2, 0.25) is 0 Å². The molecule has 0 aliphatic carbocycles. The van der Waals surface area contributed by atoms with Crippen LogP contribution in [-0.4, -0.2) is 11.6 Å². The molecule has 0 radical (unpaired) electrons. The number of anilines is 1. The van der Waals surface area contributed by atoms with Crippen molar-refractivity contribution in [3.8, 4) is 16.9 Å². The summed E-state index contributed by atoms with van der Waals surface area (Å²) in [4.78, 5) is 4.62. The standard InChI is InChI=1S/C26H26N2O/c1-6-19-9-7-8-10-21(19)18(3)28-25-12-11-20(15-27-25)22-14-23-24(13-17(22)2)29-16-26(23,4)5/h6-15H,1,3,16H2,2,4-5H3,(H,27,28). The van der Waals surface area contributed by atoms with Gasteiger partial charge in [0.05, 0.1) is 6.61 Å². The largest absolute Gasteiger partial charge is 0.492 e. The Morgan fingerprint density at radius 3 is 2.69 bits per heavy atom. The summed E-state index contributed by atoms with van der Waals surface area (Å²) in [6.07, 6.45) is 3.74. The van der Waals surface area contributed by atoms with Gasteiger partial charge >= 0.3 is 0 Å². The molecule has 29 heavy (non-hydrogen) atoms. The van der Waals surface area contributed by atoms with Gasteiger partial charge in [-0.1, -0.05) is 57.3 Å². The molecule has 0 spiro atoms. The van der Waals surface area contributed by atoms with Crippen molar-refractivity contribution in [1.82, 2.24) is 4.98 Å². The molecular formula is C26H26N2O. The molecule has 3 aromatic rings. The van der Waals surface area contributed by atoms with E-state index < -0.39 is 0 Å². The van der Waals surface area contributed by atoms with Gasteiger partial charge in [0, 0.05) is 34.0 Å². The number of aryl methyl sites for hydroxylation is 1. The lowest BCUT2D eigenvalue weighted by molar-refractivity contribution is 0.291. The predicted octanol–water partition coefficient (Wildman–Crippen LogP) is 6.45. The van der Waals surface area contributed by atoms with Crippen molar-refractivity contribution >= 4 is 17.6 Å². The lowest BCUT2D eigenvalue weighted by Gasteiger charge is -2.17. The summed E-state index contributed by atoms with van der Waals surface area (Å²) in [5.41, 5.74) is 7.62. The average molecular weight is 383 g/mol. The van der Waals surface area contributed by atoms with E-state index in [1.807, 2.05) is 42.6 Å². The zero-order valence-corrected chi connectivity index (χ0v) is 17.3. The van der Waals surface area contributed by atoms with E-state index in [1.165, 1.54) is 16.7 Å². The number of benzene rings is 2. The third kappa shape index (κ3) is 3.56. The number of fused-ring (bicyclic) bond motifs is 1. The first-order valence-electron chi connectivity index (χ1n) is 9.81. The van der Waals surface area contributed by atoms with Crippen molar-refractivity contribution in [1.29, 1.82) is 0 Å². The second kappa shape index (κ2) is 7.25. The van der Waals surface area contributed by atoms with Crippen LogP contribution in [0.4, 0.5) is 5.82 Å². The van der Waals surface area contributed by atoms with Gasteiger partial charge in [-0.05, 0) is 47.9 Å². The SMILES string of the molecule is C=Cc1ccccc1C(=C)Nc1ccc(-c2cc3c(cc2C)OCC3(C)C)cn1. The summed E-state index contributed by atoms with van der Waals surface area (Å²) >= 11 is 0. The zero-order chi connectivity index (χ0) is 20.6. The Morgan fingerprint density at radius 2 is 1.97 bits per heavy atom. The highest BCUT2D eigenvalue weighted by molar-refractivity contribution is 5.80. The summed E-state index contributed by atoms with van der Waals surface area (Å²) in [6.45, 7) is 15.3. The molecule has 1 aromatic heterocycles. The maximum Gasteiger partial charge on any atom is 0.130 e. The highest BCUT2D eigenvalue weighted by atomic mass is 16.5. The maximum atomic E-state index is 5.87. The molecular weight excluding hydrogens is 356 g/mol. The number of nitrogens with one attached hydrogen (secondary N) is 1. The highest BCUT2D eigenvalue weighted by Crippen LogP contribution is 2.42. The molecule has 0 fully saturated rings. The molecule has 0 unspecified atom stereocenters. The Labute approximate surface area is 172 Å². The van der Waals surface area contributed by atoms with Gasteiger partial charge in [-0.15, -0.1) is 0 Å². The van der Waals surface area contributed by atoms with E-state index in [9.17, 15) is 0 Å². The number of pyridine rings is 1. The van der Waals surface area contributed by atoms with Gasteiger partial charge in [-0.2, -0.15) is 0 Å². The van der Waals surface area contributed by atoms with Crippen LogP contribution in [0.25, 0.3) is 22.9 Å². The molecule has 0 bridgehead atoms. The van der Waals surface area contributed by atoms with Crippen molar-refractivity contribution in [3.05, 3.63) is 90.1 Å². The first-order chi connectivity index (χ1) is 13.9. The van der Waals surface area contributed by atoms with Crippen LogP contribution in [0.1, 0.15) is 36.1 Å². The van der Waals surface area contributed by atoms with Crippen LogP contribution in [0.5, 0.6) is 5.75 Å². The van der Waals surface area contributed by atoms with E-state index in [0.717, 1.165) is 40.6 Å². The van der Waals surface area contributed by atoms with Gasteiger partial charge < -0.3 is 10.1 Å². The molecule has 1 aliphatic rings. The topological polar surface area (TPSA) is 34.1 Å². The fraction of sp³-hybridized carbons (Fsp3) is 0.192. The van der Waals surface area contributed by atoms with E-state index >= 15 is 0 Å². The number of ether oxygens (including phenoxy) is 1. The van der Waals surface area contributed by atoms with E-state index in [1.54, 1.807) is 0 Å². The van der Waals surface area contributed by atoms with E-state index in [4.69, 9.17) is 4.74 Å². The van der Waals surface area contributed by atoms with Crippen LogP contribution in [0.2, 0.25) is 0 Å². The first-order valence-corrected chi connectivity index (χ1v) is 9.81. The molecule has 0 amide bonds.